The highest BCUT2D eigenvalue weighted by atomic mass is 16.3. The maximum atomic E-state index is 12.8. The van der Waals surface area contributed by atoms with E-state index < -0.39 is 0 Å². The number of nitrogens with zero attached hydrogens (tertiary/aromatic N) is 2. The summed E-state index contributed by atoms with van der Waals surface area (Å²) in [5, 5.41) is 12.4. The number of pyridine rings is 1. The second-order valence-electron chi connectivity index (χ2n) is 7.26. The number of anilines is 2. The first-order chi connectivity index (χ1) is 12.0. The molecule has 1 aliphatic rings. The number of nitrogens with one attached hydrogen (secondary N) is 1. The Kier molecular flexibility index (Phi) is 5.04. The Morgan fingerprint density at radius 2 is 2.08 bits per heavy atom. The minimum absolute atomic E-state index is 0.00962. The molecule has 0 spiro atoms. The Hall–Kier alpha value is -2.40. The highest BCUT2D eigenvalue weighted by Gasteiger charge is 2.25. The highest BCUT2D eigenvalue weighted by Crippen LogP contribution is 2.29. The lowest BCUT2D eigenvalue weighted by Crippen LogP contribution is -2.29. The molecule has 1 aromatic carbocycles. The number of aliphatic hydroxyl groups excluding tert-OH is 1. The van der Waals surface area contributed by atoms with Crippen molar-refractivity contribution >= 4 is 17.4 Å². The third kappa shape index (κ3) is 3.99. The van der Waals surface area contributed by atoms with Crippen molar-refractivity contribution < 1.29 is 9.90 Å². The Balaban J connectivity index is 1.66. The molecule has 1 aromatic heterocycles. The average molecular weight is 339 g/mol. The van der Waals surface area contributed by atoms with Crippen LogP contribution in [0.3, 0.4) is 0 Å². The summed E-state index contributed by atoms with van der Waals surface area (Å²) in [7, 11) is 0. The summed E-state index contributed by atoms with van der Waals surface area (Å²) in [6.45, 7) is 5.80. The Labute approximate surface area is 148 Å². The van der Waals surface area contributed by atoms with Gasteiger partial charge in [0.15, 0.2) is 0 Å². The van der Waals surface area contributed by atoms with Crippen molar-refractivity contribution in [2.24, 2.45) is 5.41 Å². The third-order valence-corrected chi connectivity index (χ3v) is 4.68. The van der Waals surface area contributed by atoms with Crippen molar-refractivity contribution in [2.75, 3.05) is 29.9 Å². The van der Waals surface area contributed by atoms with E-state index in [1.807, 2.05) is 35.2 Å². The van der Waals surface area contributed by atoms with Crippen LogP contribution >= 0.6 is 0 Å². The summed E-state index contributed by atoms with van der Waals surface area (Å²) in [4.78, 5) is 19.0. The van der Waals surface area contributed by atoms with E-state index in [2.05, 4.69) is 30.2 Å². The van der Waals surface area contributed by atoms with Crippen LogP contribution in [0.5, 0.6) is 0 Å². The molecule has 0 atom stereocenters. The maximum absolute atomic E-state index is 12.8. The van der Waals surface area contributed by atoms with Gasteiger partial charge in [0, 0.05) is 31.6 Å². The van der Waals surface area contributed by atoms with E-state index in [0.717, 1.165) is 24.3 Å². The molecule has 2 heterocycles. The monoisotopic (exact) mass is 339 g/mol. The predicted octanol–water partition coefficient (Wildman–Crippen LogP) is 3.11. The molecule has 2 N–H and O–H groups in total. The van der Waals surface area contributed by atoms with E-state index in [1.54, 1.807) is 6.20 Å². The van der Waals surface area contributed by atoms with Crippen molar-refractivity contribution in [1.29, 1.82) is 0 Å². The highest BCUT2D eigenvalue weighted by molar-refractivity contribution is 6.07. The zero-order valence-electron chi connectivity index (χ0n) is 14.8. The molecule has 0 aliphatic carbocycles. The van der Waals surface area contributed by atoms with Gasteiger partial charge in [0.05, 0.1) is 5.56 Å². The topological polar surface area (TPSA) is 65.5 Å². The molecular weight excluding hydrogens is 314 g/mol. The summed E-state index contributed by atoms with van der Waals surface area (Å²) in [5.74, 6) is 0.731. The number of hydrogen-bond donors (Lipinski definition) is 2. The smallest absolute Gasteiger partial charge is 0.259 e. The lowest BCUT2D eigenvalue weighted by molar-refractivity contribution is 0.0989. The number of benzene rings is 1. The molecule has 0 saturated carbocycles. The summed E-state index contributed by atoms with van der Waals surface area (Å²) in [5.41, 5.74) is 2.80. The van der Waals surface area contributed by atoms with Crippen molar-refractivity contribution in [2.45, 2.75) is 26.7 Å². The standard InChI is InChI=1S/C20H25N3O2/c1-20(2,10-12-24)14-22-18-8-7-16(13-21-18)19(25)23-11-9-15-5-3-4-6-17(15)23/h3-8,13,24H,9-12,14H2,1-2H3,(H,21,22). The summed E-state index contributed by atoms with van der Waals surface area (Å²) in [6.07, 6.45) is 3.25. The minimum Gasteiger partial charge on any atom is -0.396 e. The van der Waals surface area contributed by atoms with E-state index >= 15 is 0 Å². The fraction of sp³-hybridized carbons (Fsp3) is 0.400. The molecule has 1 amide bonds. The fourth-order valence-corrected chi connectivity index (χ4v) is 3.05. The van der Waals surface area contributed by atoms with Gasteiger partial charge in [0.2, 0.25) is 0 Å². The quantitative estimate of drug-likeness (QED) is 0.849. The average Bonchev–Trinajstić information content (AvgIpc) is 3.04. The van der Waals surface area contributed by atoms with E-state index in [-0.39, 0.29) is 17.9 Å². The predicted molar refractivity (Wildman–Crippen MR) is 100 cm³/mol. The van der Waals surface area contributed by atoms with Gasteiger partial charge in [-0.15, -0.1) is 0 Å². The number of aliphatic hydroxyl groups is 1. The second-order valence-corrected chi connectivity index (χ2v) is 7.26. The van der Waals surface area contributed by atoms with Crippen molar-refractivity contribution in [3.63, 3.8) is 0 Å². The first-order valence-corrected chi connectivity index (χ1v) is 8.71. The van der Waals surface area contributed by atoms with Crippen LogP contribution in [0.25, 0.3) is 0 Å². The first-order valence-electron chi connectivity index (χ1n) is 8.71. The molecule has 3 rings (SSSR count). The van der Waals surface area contributed by atoms with E-state index in [9.17, 15) is 4.79 Å². The molecule has 0 bridgehead atoms. The molecule has 132 valence electrons. The van der Waals surface area contributed by atoms with Crippen LogP contribution in [-0.4, -0.2) is 35.7 Å². The normalized spacial score (nSPS) is 13.6. The van der Waals surface area contributed by atoms with Crippen LogP contribution in [0.4, 0.5) is 11.5 Å². The number of para-hydroxylation sites is 1. The number of carbonyl (C=O) groups excluding carboxylic acids is 1. The van der Waals surface area contributed by atoms with E-state index in [1.165, 1.54) is 5.56 Å². The molecule has 0 saturated heterocycles. The van der Waals surface area contributed by atoms with Gasteiger partial charge >= 0.3 is 0 Å². The molecular formula is C20H25N3O2. The van der Waals surface area contributed by atoms with Crippen molar-refractivity contribution in [3.05, 3.63) is 53.7 Å². The van der Waals surface area contributed by atoms with E-state index in [0.29, 0.717) is 18.7 Å². The molecule has 5 heteroatoms. The summed E-state index contributed by atoms with van der Waals surface area (Å²) < 4.78 is 0. The number of fused-ring (bicyclic) bond motifs is 1. The fourth-order valence-electron chi connectivity index (χ4n) is 3.05. The van der Waals surface area contributed by atoms with Crippen LogP contribution < -0.4 is 10.2 Å². The van der Waals surface area contributed by atoms with Crippen LogP contribution in [0.15, 0.2) is 42.6 Å². The number of amides is 1. The molecule has 2 aromatic rings. The summed E-state index contributed by atoms with van der Waals surface area (Å²) >= 11 is 0. The van der Waals surface area contributed by atoms with Gasteiger partial charge in [0.25, 0.3) is 5.91 Å². The SMILES string of the molecule is CC(C)(CCO)CNc1ccc(C(=O)N2CCc3ccccc32)cn1. The van der Waals surface area contributed by atoms with Gasteiger partial charge in [-0.25, -0.2) is 4.98 Å². The number of carbonyl (C=O) groups is 1. The van der Waals surface area contributed by atoms with Gasteiger partial charge in [-0.2, -0.15) is 0 Å². The Bertz CT molecular complexity index is 741. The lowest BCUT2D eigenvalue weighted by Gasteiger charge is -2.24. The van der Waals surface area contributed by atoms with Crippen LogP contribution in [0, 0.1) is 5.41 Å². The van der Waals surface area contributed by atoms with Crippen LogP contribution in [-0.2, 0) is 6.42 Å². The third-order valence-electron chi connectivity index (χ3n) is 4.68. The zero-order valence-corrected chi connectivity index (χ0v) is 14.8. The molecule has 0 unspecified atom stereocenters. The molecule has 1 aliphatic heterocycles. The van der Waals surface area contributed by atoms with Gasteiger partial charge in [-0.05, 0) is 42.0 Å². The number of rotatable bonds is 6. The molecule has 0 fully saturated rings. The van der Waals surface area contributed by atoms with Crippen LogP contribution in [0.1, 0.15) is 36.2 Å². The maximum Gasteiger partial charge on any atom is 0.259 e. The second kappa shape index (κ2) is 7.23. The molecule has 0 radical (unpaired) electrons. The summed E-state index contributed by atoms with van der Waals surface area (Å²) in [6, 6.07) is 11.7. The van der Waals surface area contributed by atoms with Gasteiger partial charge in [-0.1, -0.05) is 32.0 Å². The number of aromatic nitrogens is 1. The minimum atomic E-state index is -0.00974. The number of hydrogen-bond acceptors (Lipinski definition) is 4. The van der Waals surface area contributed by atoms with Crippen molar-refractivity contribution in [3.8, 4) is 0 Å². The largest absolute Gasteiger partial charge is 0.396 e. The van der Waals surface area contributed by atoms with Crippen LogP contribution in [0.2, 0.25) is 0 Å². The zero-order chi connectivity index (χ0) is 17.9. The van der Waals surface area contributed by atoms with Crippen molar-refractivity contribution in [1.82, 2.24) is 4.98 Å². The first kappa shape index (κ1) is 17.4. The van der Waals surface area contributed by atoms with E-state index in [4.69, 9.17) is 5.11 Å². The Morgan fingerprint density at radius 1 is 1.28 bits per heavy atom. The Morgan fingerprint density at radius 3 is 2.80 bits per heavy atom. The molecule has 25 heavy (non-hydrogen) atoms. The lowest BCUT2D eigenvalue weighted by atomic mass is 9.90. The van der Waals surface area contributed by atoms with Gasteiger partial charge in [0.1, 0.15) is 5.82 Å². The van der Waals surface area contributed by atoms with Gasteiger partial charge in [-0.3, -0.25) is 4.79 Å². The molecule has 5 nitrogen and oxygen atoms in total. The van der Waals surface area contributed by atoms with Gasteiger partial charge < -0.3 is 15.3 Å².